The van der Waals surface area contributed by atoms with Crippen LogP contribution in [0.2, 0.25) is 0 Å². The smallest absolute Gasteiger partial charge is 0.223 e. The summed E-state index contributed by atoms with van der Waals surface area (Å²) in [5.74, 6) is 2.45. The first-order chi connectivity index (χ1) is 18.5. The number of hydrogen-bond acceptors (Lipinski definition) is 7. The molecule has 204 valence electrons. The van der Waals surface area contributed by atoms with Gasteiger partial charge in [0, 0.05) is 42.6 Å². The van der Waals surface area contributed by atoms with Crippen LogP contribution in [-0.2, 0) is 11.3 Å². The quantitative estimate of drug-likeness (QED) is 0.376. The molecule has 1 aliphatic carbocycles. The largest absolute Gasteiger partial charge is 0.494 e. The van der Waals surface area contributed by atoms with Crippen molar-refractivity contribution in [3.05, 3.63) is 48.3 Å². The summed E-state index contributed by atoms with van der Waals surface area (Å²) in [7, 11) is 0. The van der Waals surface area contributed by atoms with Crippen LogP contribution in [0.5, 0.6) is 5.75 Å². The lowest BCUT2D eigenvalue weighted by Gasteiger charge is -2.36. The summed E-state index contributed by atoms with van der Waals surface area (Å²) in [6.45, 7) is 9.59. The molecule has 2 fully saturated rings. The summed E-state index contributed by atoms with van der Waals surface area (Å²) in [4.78, 5) is 15.3. The Morgan fingerprint density at radius 1 is 1.05 bits per heavy atom. The summed E-state index contributed by atoms with van der Waals surface area (Å²) in [5.41, 5.74) is 2.15. The molecule has 8 nitrogen and oxygen atoms in total. The van der Waals surface area contributed by atoms with Crippen molar-refractivity contribution in [2.24, 2.45) is 17.8 Å². The molecule has 2 N–H and O–H groups in total. The highest BCUT2D eigenvalue weighted by Crippen LogP contribution is 2.31. The standard InChI is InChI=1S/C29H40N6O2S/c1-4-37-25-12-10-23(11-13-25)30-19-24-8-6-16-35(24)29-33-32-28(38-29)34-17-14-22(15-18-34)27(36)31-26-9-5-7-20(2)21(26)3/h6,8,10-13,16,20-22,26,30H,4-5,7,9,14-15,17-19H2,1-3H3,(H,31,36)/t20-,21-,26-/m1/s1. The van der Waals surface area contributed by atoms with Crippen molar-refractivity contribution in [3.63, 3.8) is 0 Å². The lowest BCUT2D eigenvalue weighted by Crippen LogP contribution is -2.48. The van der Waals surface area contributed by atoms with Gasteiger partial charge in [0.1, 0.15) is 5.75 Å². The van der Waals surface area contributed by atoms with Gasteiger partial charge in [0.15, 0.2) is 0 Å². The predicted octanol–water partition coefficient (Wildman–Crippen LogP) is 5.50. The molecule has 2 aliphatic rings. The van der Waals surface area contributed by atoms with Crippen LogP contribution in [0, 0.1) is 17.8 Å². The monoisotopic (exact) mass is 536 g/mol. The summed E-state index contributed by atoms with van der Waals surface area (Å²) in [6, 6.07) is 12.5. The molecule has 1 aromatic carbocycles. The van der Waals surface area contributed by atoms with E-state index < -0.39 is 0 Å². The zero-order valence-electron chi connectivity index (χ0n) is 22.7. The molecule has 3 aromatic rings. The zero-order chi connectivity index (χ0) is 26.5. The van der Waals surface area contributed by atoms with Crippen molar-refractivity contribution in [1.82, 2.24) is 20.1 Å². The third-order valence-corrected chi connectivity index (χ3v) is 9.24. The normalized spacial score (nSPS) is 22.3. The highest BCUT2D eigenvalue weighted by molar-refractivity contribution is 7.17. The minimum absolute atomic E-state index is 0.0906. The fraction of sp³-hybridized carbons (Fsp3) is 0.552. The average molecular weight is 537 g/mol. The van der Waals surface area contributed by atoms with Gasteiger partial charge in [-0.1, -0.05) is 38.0 Å². The summed E-state index contributed by atoms with van der Waals surface area (Å²) >= 11 is 1.60. The van der Waals surface area contributed by atoms with Crippen LogP contribution in [0.4, 0.5) is 10.8 Å². The summed E-state index contributed by atoms with van der Waals surface area (Å²) < 4.78 is 7.62. The summed E-state index contributed by atoms with van der Waals surface area (Å²) in [6.07, 6.45) is 7.36. The number of amides is 1. The van der Waals surface area contributed by atoms with Crippen LogP contribution in [0.25, 0.3) is 5.13 Å². The van der Waals surface area contributed by atoms with Crippen molar-refractivity contribution < 1.29 is 9.53 Å². The van der Waals surface area contributed by atoms with Gasteiger partial charge in [-0.25, -0.2) is 0 Å². The molecule has 1 saturated carbocycles. The molecule has 3 atom stereocenters. The first-order valence-electron chi connectivity index (χ1n) is 14.0. The number of piperidine rings is 1. The number of carbonyl (C=O) groups is 1. The third kappa shape index (κ3) is 6.14. The molecule has 9 heteroatoms. The van der Waals surface area contributed by atoms with Crippen LogP contribution >= 0.6 is 11.3 Å². The van der Waals surface area contributed by atoms with Gasteiger partial charge in [0.05, 0.1) is 13.2 Å². The van der Waals surface area contributed by atoms with Crippen LogP contribution in [-0.4, -0.2) is 46.4 Å². The minimum atomic E-state index is 0.0906. The van der Waals surface area contributed by atoms with E-state index in [1.54, 1.807) is 11.3 Å². The maximum absolute atomic E-state index is 13.0. The number of benzene rings is 1. The van der Waals surface area contributed by atoms with Crippen molar-refractivity contribution >= 4 is 28.1 Å². The zero-order valence-corrected chi connectivity index (χ0v) is 23.5. The topological polar surface area (TPSA) is 84.3 Å². The second kappa shape index (κ2) is 12.2. The van der Waals surface area contributed by atoms with Gasteiger partial charge >= 0.3 is 0 Å². The number of ether oxygens (including phenoxy) is 1. The van der Waals surface area contributed by atoms with E-state index in [0.717, 1.165) is 59.7 Å². The van der Waals surface area contributed by atoms with Gasteiger partial charge in [-0.15, -0.1) is 10.2 Å². The molecule has 0 spiro atoms. The number of anilines is 2. The van der Waals surface area contributed by atoms with E-state index in [0.29, 0.717) is 31.0 Å². The molecule has 1 saturated heterocycles. The second-order valence-corrected chi connectivity index (χ2v) is 11.6. The van der Waals surface area contributed by atoms with Crippen LogP contribution in [0.3, 0.4) is 0 Å². The van der Waals surface area contributed by atoms with E-state index in [4.69, 9.17) is 4.74 Å². The van der Waals surface area contributed by atoms with E-state index >= 15 is 0 Å². The maximum Gasteiger partial charge on any atom is 0.223 e. The Kier molecular flexibility index (Phi) is 8.51. The van der Waals surface area contributed by atoms with Gasteiger partial charge < -0.3 is 20.3 Å². The lowest BCUT2D eigenvalue weighted by atomic mass is 9.78. The van der Waals surface area contributed by atoms with Gasteiger partial charge in [-0.05, 0) is 74.4 Å². The Morgan fingerprint density at radius 3 is 2.58 bits per heavy atom. The summed E-state index contributed by atoms with van der Waals surface area (Å²) in [5, 5.41) is 17.6. The molecule has 2 aromatic heterocycles. The van der Waals surface area contributed by atoms with E-state index in [9.17, 15) is 4.79 Å². The van der Waals surface area contributed by atoms with Gasteiger partial charge in [-0.3, -0.25) is 9.36 Å². The fourth-order valence-electron chi connectivity index (χ4n) is 5.63. The first kappa shape index (κ1) is 26.5. The molecule has 0 bridgehead atoms. The fourth-order valence-corrected chi connectivity index (χ4v) is 6.54. The Morgan fingerprint density at radius 2 is 1.82 bits per heavy atom. The molecule has 1 amide bonds. The molecule has 3 heterocycles. The Bertz CT molecular complexity index is 1180. The highest BCUT2D eigenvalue weighted by atomic mass is 32.1. The van der Waals surface area contributed by atoms with Gasteiger partial charge in [0.2, 0.25) is 16.2 Å². The number of nitrogens with zero attached hydrogens (tertiary/aromatic N) is 4. The Hall–Kier alpha value is -3.07. The van der Waals surface area contributed by atoms with E-state index in [2.05, 4.69) is 50.2 Å². The maximum atomic E-state index is 13.0. The Balaban J connectivity index is 1.14. The van der Waals surface area contributed by atoms with Crippen molar-refractivity contribution in [1.29, 1.82) is 0 Å². The van der Waals surface area contributed by atoms with Crippen LogP contribution in [0.15, 0.2) is 42.6 Å². The van der Waals surface area contributed by atoms with Gasteiger partial charge in [-0.2, -0.15) is 0 Å². The molecule has 0 unspecified atom stereocenters. The van der Waals surface area contributed by atoms with Crippen molar-refractivity contribution in [2.45, 2.75) is 65.5 Å². The van der Waals surface area contributed by atoms with Crippen LogP contribution < -0.4 is 20.3 Å². The molecule has 38 heavy (non-hydrogen) atoms. The first-order valence-corrected chi connectivity index (χ1v) is 14.9. The molecular formula is C29H40N6O2S. The number of hydrogen-bond donors (Lipinski definition) is 2. The van der Waals surface area contributed by atoms with Gasteiger partial charge in [0.25, 0.3) is 0 Å². The molecule has 0 radical (unpaired) electrons. The van der Waals surface area contributed by atoms with E-state index in [-0.39, 0.29) is 11.8 Å². The highest BCUT2D eigenvalue weighted by Gasteiger charge is 2.32. The minimum Gasteiger partial charge on any atom is -0.494 e. The van der Waals surface area contributed by atoms with Crippen LogP contribution in [0.1, 0.15) is 58.6 Å². The van der Waals surface area contributed by atoms with Crippen molar-refractivity contribution in [3.8, 4) is 10.9 Å². The number of nitrogens with one attached hydrogen (secondary N) is 2. The van der Waals surface area contributed by atoms with E-state index in [1.165, 1.54) is 12.8 Å². The molecule has 5 rings (SSSR count). The lowest BCUT2D eigenvalue weighted by molar-refractivity contribution is -0.127. The third-order valence-electron chi connectivity index (χ3n) is 8.25. The number of rotatable bonds is 9. The SMILES string of the molecule is CCOc1ccc(NCc2cccn2-c2nnc(N3CCC(C(=O)N[C@@H]4CCC[C@@H](C)[C@H]4C)CC3)s2)cc1. The molecule has 1 aliphatic heterocycles. The number of aromatic nitrogens is 3. The van der Waals surface area contributed by atoms with Crippen molar-refractivity contribution in [2.75, 3.05) is 29.9 Å². The second-order valence-electron chi connectivity index (χ2n) is 10.7. The predicted molar refractivity (Wildman–Crippen MR) is 153 cm³/mol. The Labute approximate surface area is 229 Å². The van der Waals surface area contributed by atoms with E-state index in [1.807, 2.05) is 43.5 Å². The average Bonchev–Trinajstić information content (AvgIpc) is 3.61. The number of carbonyl (C=O) groups excluding carboxylic acids is 1. The molecular weight excluding hydrogens is 496 g/mol.